The van der Waals surface area contributed by atoms with Crippen molar-refractivity contribution in [3.8, 4) is 5.75 Å². The molecule has 0 atom stereocenters. The van der Waals surface area contributed by atoms with Gasteiger partial charge in [-0.15, -0.1) is 0 Å². The molecule has 1 N–H and O–H groups in total. The number of aromatic hydroxyl groups is 1. The fourth-order valence-electron chi connectivity index (χ4n) is 2.60. The molecule has 1 aliphatic heterocycles. The van der Waals surface area contributed by atoms with Crippen molar-refractivity contribution in [3.05, 3.63) is 23.8 Å². The first-order chi connectivity index (χ1) is 9.70. The van der Waals surface area contributed by atoms with Crippen molar-refractivity contribution >= 4 is 16.0 Å². The largest absolute Gasteiger partial charge is 0.507 e. The number of benzene rings is 1. The van der Waals surface area contributed by atoms with E-state index in [1.807, 2.05) is 13.8 Å². The zero-order valence-electron chi connectivity index (χ0n) is 12.3. The number of sulfonamides is 1. The van der Waals surface area contributed by atoms with Crippen molar-refractivity contribution in [1.82, 2.24) is 4.31 Å². The Morgan fingerprint density at radius 2 is 2.05 bits per heavy atom. The number of rotatable bonds is 3. The predicted octanol–water partition coefficient (Wildman–Crippen LogP) is 1.74. The number of esters is 1. The summed E-state index contributed by atoms with van der Waals surface area (Å²) in [6.45, 7) is 4.20. The van der Waals surface area contributed by atoms with Gasteiger partial charge in [0.05, 0.1) is 12.0 Å². The van der Waals surface area contributed by atoms with E-state index in [0.29, 0.717) is 6.54 Å². The Balaban J connectivity index is 2.49. The van der Waals surface area contributed by atoms with E-state index in [0.717, 1.165) is 18.9 Å². The fraction of sp³-hybridized carbons (Fsp3) is 0.500. The second-order valence-corrected chi connectivity index (χ2v) is 7.53. The maximum absolute atomic E-state index is 12.7. The van der Waals surface area contributed by atoms with Crippen molar-refractivity contribution in [2.24, 2.45) is 0 Å². The van der Waals surface area contributed by atoms with Gasteiger partial charge < -0.3 is 9.84 Å². The summed E-state index contributed by atoms with van der Waals surface area (Å²) in [5.41, 5.74) is -0.613. The lowest BCUT2D eigenvalue weighted by Gasteiger charge is -2.30. The van der Waals surface area contributed by atoms with Crippen molar-refractivity contribution < 1.29 is 23.1 Å². The number of carbonyl (C=O) groups is 1. The molecule has 1 aromatic carbocycles. The van der Waals surface area contributed by atoms with Crippen LogP contribution in [0.2, 0.25) is 0 Å². The zero-order chi connectivity index (χ0) is 15.8. The zero-order valence-corrected chi connectivity index (χ0v) is 13.1. The lowest BCUT2D eigenvalue weighted by Crippen LogP contribution is -2.42. The molecule has 0 aliphatic carbocycles. The predicted molar refractivity (Wildman–Crippen MR) is 76.7 cm³/mol. The van der Waals surface area contributed by atoms with Crippen LogP contribution in [0.25, 0.3) is 0 Å². The van der Waals surface area contributed by atoms with Gasteiger partial charge in [-0.25, -0.2) is 13.2 Å². The molecule has 2 rings (SSSR count). The van der Waals surface area contributed by atoms with Crippen LogP contribution in [0.3, 0.4) is 0 Å². The van der Waals surface area contributed by atoms with Crippen LogP contribution in [0.4, 0.5) is 0 Å². The van der Waals surface area contributed by atoms with Crippen LogP contribution in [0, 0.1) is 0 Å². The van der Waals surface area contributed by atoms with Crippen molar-refractivity contribution in [3.63, 3.8) is 0 Å². The fourth-order valence-corrected chi connectivity index (χ4v) is 4.48. The minimum absolute atomic E-state index is 0.0179. The van der Waals surface area contributed by atoms with Crippen molar-refractivity contribution in [1.29, 1.82) is 0 Å². The summed E-state index contributed by atoms with van der Waals surface area (Å²) in [6, 6.07) is 3.65. The first-order valence-corrected chi connectivity index (χ1v) is 8.08. The van der Waals surface area contributed by atoms with Gasteiger partial charge >= 0.3 is 5.97 Å². The van der Waals surface area contributed by atoms with E-state index in [9.17, 15) is 18.3 Å². The molecule has 0 bridgehead atoms. The van der Waals surface area contributed by atoms with Gasteiger partial charge in [0.15, 0.2) is 0 Å². The van der Waals surface area contributed by atoms with Gasteiger partial charge in [-0.1, -0.05) is 0 Å². The molecule has 1 aliphatic rings. The molecule has 0 radical (unpaired) electrons. The van der Waals surface area contributed by atoms with Gasteiger partial charge in [-0.2, -0.15) is 4.31 Å². The smallest absolute Gasteiger partial charge is 0.341 e. The van der Waals surface area contributed by atoms with E-state index in [2.05, 4.69) is 4.74 Å². The topological polar surface area (TPSA) is 83.9 Å². The van der Waals surface area contributed by atoms with Gasteiger partial charge in [-0.05, 0) is 44.9 Å². The second kappa shape index (κ2) is 5.31. The van der Waals surface area contributed by atoms with Crippen LogP contribution in [0.1, 0.15) is 37.0 Å². The Morgan fingerprint density at radius 1 is 1.38 bits per heavy atom. The summed E-state index contributed by atoms with van der Waals surface area (Å²) in [6.07, 6.45) is 1.59. The summed E-state index contributed by atoms with van der Waals surface area (Å²) in [7, 11) is -2.54. The lowest BCUT2D eigenvalue weighted by atomic mass is 10.0. The summed E-state index contributed by atoms with van der Waals surface area (Å²) in [5.74, 6) is -1.08. The Kier molecular flexibility index (Phi) is 3.99. The quantitative estimate of drug-likeness (QED) is 0.859. The van der Waals surface area contributed by atoms with E-state index < -0.39 is 21.5 Å². The standard InChI is InChI=1S/C14H19NO5S/c1-14(2)7-4-8-15(14)21(18,19)10-5-6-12(16)11(9-10)13(17)20-3/h5-6,9,16H,4,7-8H2,1-3H3. The molecule has 0 amide bonds. The maximum Gasteiger partial charge on any atom is 0.341 e. The Bertz CT molecular complexity index is 666. The Hall–Kier alpha value is -1.60. The normalized spacial score (nSPS) is 18.6. The molecule has 1 aromatic rings. The summed E-state index contributed by atoms with van der Waals surface area (Å²) < 4.78 is 31.4. The van der Waals surface area contributed by atoms with Crippen LogP contribution in [-0.2, 0) is 14.8 Å². The molecule has 1 saturated heterocycles. The molecule has 6 nitrogen and oxygen atoms in total. The third-order valence-electron chi connectivity index (χ3n) is 3.79. The van der Waals surface area contributed by atoms with Crippen molar-refractivity contribution in [2.75, 3.05) is 13.7 Å². The molecule has 0 saturated carbocycles. The van der Waals surface area contributed by atoms with E-state index in [4.69, 9.17) is 0 Å². The first kappa shape index (κ1) is 15.8. The van der Waals surface area contributed by atoms with Crippen LogP contribution in [0.15, 0.2) is 23.1 Å². The monoisotopic (exact) mass is 313 g/mol. The second-order valence-electron chi connectivity index (χ2n) is 5.66. The summed E-state index contributed by atoms with van der Waals surface area (Å²) in [5, 5.41) is 9.66. The number of phenols is 1. The number of phenolic OH excluding ortho intramolecular Hbond substituents is 1. The highest BCUT2D eigenvalue weighted by Crippen LogP contribution is 2.34. The van der Waals surface area contributed by atoms with Crippen LogP contribution >= 0.6 is 0 Å². The van der Waals surface area contributed by atoms with Crippen LogP contribution < -0.4 is 0 Å². The van der Waals surface area contributed by atoms with Gasteiger partial charge in [0, 0.05) is 12.1 Å². The molecule has 0 aromatic heterocycles. The summed E-state index contributed by atoms with van der Waals surface area (Å²) >= 11 is 0. The lowest BCUT2D eigenvalue weighted by molar-refractivity contribution is 0.0597. The van der Waals surface area contributed by atoms with E-state index in [1.54, 1.807) is 0 Å². The SMILES string of the molecule is COC(=O)c1cc(S(=O)(=O)N2CCCC2(C)C)ccc1O. The van der Waals surface area contributed by atoms with Gasteiger partial charge in [0.25, 0.3) is 0 Å². The third-order valence-corrected chi connectivity index (χ3v) is 5.89. The molecule has 0 spiro atoms. The molecule has 116 valence electrons. The van der Waals surface area contributed by atoms with Crippen LogP contribution in [-0.4, -0.2) is 43.0 Å². The Morgan fingerprint density at radius 3 is 2.57 bits per heavy atom. The molecule has 1 heterocycles. The molecular formula is C14H19NO5S. The number of nitrogens with zero attached hydrogens (tertiary/aromatic N) is 1. The molecule has 21 heavy (non-hydrogen) atoms. The number of hydrogen-bond acceptors (Lipinski definition) is 5. The highest BCUT2D eigenvalue weighted by molar-refractivity contribution is 7.89. The molecule has 1 fully saturated rings. The minimum atomic E-state index is -3.71. The molecule has 7 heteroatoms. The van der Waals surface area contributed by atoms with E-state index in [1.165, 1.54) is 23.5 Å². The highest BCUT2D eigenvalue weighted by atomic mass is 32.2. The Labute approximate surface area is 124 Å². The van der Waals surface area contributed by atoms with Gasteiger partial charge in [0.1, 0.15) is 11.3 Å². The number of ether oxygens (including phenoxy) is 1. The molecular weight excluding hydrogens is 294 g/mol. The van der Waals surface area contributed by atoms with Crippen LogP contribution in [0.5, 0.6) is 5.75 Å². The van der Waals surface area contributed by atoms with Gasteiger partial charge in [-0.3, -0.25) is 0 Å². The third kappa shape index (κ3) is 2.75. The molecule has 0 unspecified atom stereocenters. The van der Waals surface area contributed by atoms with E-state index >= 15 is 0 Å². The highest BCUT2D eigenvalue weighted by Gasteiger charge is 2.41. The number of hydrogen-bond donors (Lipinski definition) is 1. The number of methoxy groups -OCH3 is 1. The van der Waals surface area contributed by atoms with Gasteiger partial charge in [0.2, 0.25) is 10.0 Å². The first-order valence-electron chi connectivity index (χ1n) is 6.64. The van der Waals surface area contributed by atoms with E-state index in [-0.39, 0.29) is 16.2 Å². The minimum Gasteiger partial charge on any atom is -0.507 e. The average molecular weight is 313 g/mol. The van der Waals surface area contributed by atoms with Crippen molar-refractivity contribution in [2.45, 2.75) is 37.1 Å². The number of carbonyl (C=O) groups excluding carboxylic acids is 1. The average Bonchev–Trinajstić information content (AvgIpc) is 2.78. The maximum atomic E-state index is 12.7. The summed E-state index contributed by atoms with van der Waals surface area (Å²) in [4.78, 5) is 11.6.